The van der Waals surface area contributed by atoms with Crippen LogP contribution in [-0.2, 0) is 0 Å². The summed E-state index contributed by atoms with van der Waals surface area (Å²) in [4.78, 5) is 0. The van der Waals surface area contributed by atoms with Crippen molar-refractivity contribution in [1.82, 2.24) is 0 Å². The maximum Gasteiger partial charge on any atom is -0.0239 e. The number of hydrogen-bond donors (Lipinski definition) is 0. The summed E-state index contributed by atoms with van der Waals surface area (Å²) in [5.41, 5.74) is 0. The molecule has 0 unspecified atom stereocenters. The van der Waals surface area contributed by atoms with Crippen molar-refractivity contribution >= 4 is 0 Å². The number of hydrogen-bond acceptors (Lipinski definition) is 0. The molecule has 0 heteroatoms. The smallest absolute Gasteiger partial charge is 0.0239 e. The molecule has 0 saturated heterocycles. The highest BCUT2D eigenvalue weighted by atomic mass is 14.0. The second-order valence-electron chi connectivity index (χ2n) is 3.98. The maximum absolute atomic E-state index is 2.39. The van der Waals surface area contributed by atoms with Gasteiger partial charge in [-0.3, -0.25) is 0 Å². The largest absolute Gasteiger partial charge is 0.0883 e. The molecule has 0 heterocycles. The van der Waals surface area contributed by atoms with Gasteiger partial charge in [-0.15, -0.1) is 0 Å². The monoisotopic (exact) mass is 168 g/mol. The molecule has 0 rings (SSSR count). The summed E-state index contributed by atoms with van der Waals surface area (Å²) >= 11 is 0. The predicted molar refractivity (Wildman–Crippen MR) is 57.3 cm³/mol. The lowest BCUT2D eigenvalue weighted by Gasteiger charge is -2.05. The van der Waals surface area contributed by atoms with E-state index in [1.165, 1.54) is 25.7 Å². The Bertz CT molecular complexity index is 107. The summed E-state index contributed by atoms with van der Waals surface area (Å²) in [6.07, 6.45) is 9.91. The van der Waals surface area contributed by atoms with Gasteiger partial charge in [0.25, 0.3) is 0 Å². The first-order valence-corrected chi connectivity index (χ1v) is 5.37. The summed E-state index contributed by atoms with van der Waals surface area (Å²) < 4.78 is 0. The predicted octanol–water partition coefficient (Wildman–Crippen LogP) is 4.42. The fourth-order valence-electron chi connectivity index (χ4n) is 1.28. The molecule has 0 aromatic heterocycles. The molecule has 0 N–H and O–H groups in total. The summed E-state index contributed by atoms with van der Waals surface area (Å²) in [6.45, 7) is 9.10. The van der Waals surface area contributed by atoms with Crippen LogP contribution in [-0.4, -0.2) is 0 Å². The van der Waals surface area contributed by atoms with Gasteiger partial charge < -0.3 is 0 Å². The molecule has 0 amide bonds. The van der Waals surface area contributed by atoms with Crippen molar-refractivity contribution in [2.24, 2.45) is 11.8 Å². The summed E-state index contributed by atoms with van der Waals surface area (Å²) in [6, 6.07) is 0. The normalized spacial score (nSPS) is 12.2. The van der Waals surface area contributed by atoms with Crippen molar-refractivity contribution in [1.29, 1.82) is 0 Å². The van der Waals surface area contributed by atoms with Crippen LogP contribution >= 0.6 is 0 Å². The molecule has 0 aliphatic rings. The van der Waals surface area contributed by atoms with E-state index in [0.717, 1.165) is 11.8 Å². The molecule has 0 aliphatic carbocycles. The van der Waals surface area contributed by atoms with E-state index >= 15 is 0 Å². The zero-order chi connectivity index (χ0) is 9.40. The molecular weight excluding hydrogens is 144 g/mol. The Morgan fingerprint density at radius 1 is 1.08 bits per heavy atom. The van der Waals surface area contributed by atoms with Crippen LogP contribution in [0.5, 0.6) is 0 Å². The lowest BCUT2D eigenvalue weighted by Crippen LogP contribution is -1.90. The van der Waals surface area contributed by atoms with Crippen LogP contribution in [0, 0.1) is 11.8 Å². The SMILES string of the molecule is CCC(C=CCCC(C)C)CC. The van der Waals surface area contributed by atoms with Crippen molar-refractivity contribution in [2.45, 2.75) is 53.4 Å². The first-order valence-electron chi connectivity index (χ1n) is 5.37. The minimum Gasteiger partial charge on any atom is -0.0883 e. The number of rotatable bonds is 6. The van der Waals surface area contributed by atoms with E-state index in [0.29, 0.717) is 0 Å². The van der Waals surface area contributed by atoms with E-state index in [1.807, 2.05) is 0 Å². The van der Waals surface area contributed by atoms with Crippen LogP contribution < -0.4 is 0 Å². The van der Waals surface area contributed by atoms with E-state index in [2.05, 4.69) is 39.8 Å². The Morgan fingerprint density at radius 2 is 1.67 bits per heavy atom. The van der Waals surface area contributed by atoms with Gasteiger partial charge in [-0.25, -0.2) is 0 Å². The van der Waals surface area contributed by atoms with Gasteiger partial charge in [-0.1, -0.05) is 39.8 Å². The van der Waals surface area contributed by atoms with E-state index in [9.17, 15) is 0 Å². The lowest BCUT2D eigenvalue weighted by molar-refractivity contribution is 0.581. The van der Waals surface area contributed by atoms with Crippen molar-refractivity contribution in [3.05, 3.63) is 12.2 Å². The molecule has 0 radical (unpaired) electrons. The lowest BCUT2D eigenvalue weighted by atomic mass is 10.0. The first kappa shape index (κ1) is 11.7. The topological polar surface area (TPSA) is 0 Å². The number of allylic oxidation sites excluding steroid dienone is 2. The summed E-state index contributed by atoms with van der Waals surface area (Å²) in [5, 5.41) is 0. The molecule has 0 nitrogen and oxygen atoms in total. The van der Waals surface area contributed by atoms with E-state index in [1.54, 1.807) is 0 Å². The van der Waals surface area contributed by atoms with Crippen molar-refractivity contribution in [2.75, 3.05) is 0 Å². The highest BCUT2D eigenvalue weighted by molar-refractivity contribution is 4.87. The molecule has 12 heavy (non-hydrogen) atoms. The molecule has 0 aliphatic heterocycles. The third kappa shape index (κ3) is 6.45. The van der Waals surface area contributed by atoms with Crippen LogP contribution in [0.2, 0.25) is 0 Å². The van der Waals surface area contributed by atoms with Gasteiger partial charge in [-0.2, -0.15) is 0 Å². The first-order chi connectivity index (χ1) is 5.70. The fraction of sp³-hybridized carbons (Fsp3) is 0.833. The van der Waals surface area contributed by atoms with Crippen molar-refractivity contribution < 1.29 is 0 Å². The van der Waals surface area contributed by atoms with Gasteiger partial charge in [-0.05, 0) is 37.5 Å². The second-order valence-corrected chi connectivity index (χ2v) is 3.98. The molecule has 72 valence electrons. The average molecular weight is 168 g/mol. The molecule has 0 fully saturated rings. The van der Waals surface area contributed by atoms with Gasteiger partial charge in [0.2, 0.25) is 0 Å². The Morgan fingerprint density at radius 3 is 2.08 bits per heavy atom. The van der Waals surface area contributed by atoms with Crippen LogP contribution in [0.3, 0.4) is 0 Å². The van der Waals surface area contributed by atoms with Gasteiger partial charge in [0.05, 0.1) is 0 Å². The van der Waals surface area contributed by atoms with Gasteiger partial charge >= 0.3 is 0 Å². The highest BCUT2D eigenvalue weighted by Gasteiger charge is 1.96. The molecule has 0 bridgehead atoms. The van der Waals surface area contributed by atoms with Gasteiger partial charge in [0, 0.05) is 0 Å². The highest BCUT2D eigenvalue weighted by Crippen LogP contribution is 2.11. The van der Waals surface area contributed by atoms with Crippen LogP contribution in [0.4, 0.5) is 0 Å². The molecular formula is C12H24. The molecule has 0 atom stereocenters. The van der Waals surface area contributed by atoms with Gasteiger partial charge in [0.1, 0.15) is 0 Å². The van der Waals surface area contributed by atoms with Crippen molar-refractivity contribution in [3.63, 3.8) is 0 Å². The molecule has 0 aromatic carbocycles. The summed E-state index contributed by atoms with van der Waals surface area (Å²) in [5.74, 6) is 1.66. The Balaban J connectivity index is 3.45. The van der Waals surface area contributed by atoms with E-state index in [-0.39, 0.29) is 0 Å². The average Bonchev–Trinajstić information content (AvgIpc) is 2.04. The maximum atomic E-state index is 2.39. The quantitative estimate of drug-likeness (QED) is 0.515. The van der Waals surface area contributed by atoms with E-state index in [4.69, 9.17) is 0 Å². The Labute approximate surface area is 78.1 Å². The summed E-state index contributed by atoms with van der Waals surface area (Å²) in [7, 11) is 0. The van der Waals surface area contributed by atoms with E-state index < -0.39 is 0 Å². The third-order valence-corrected chi connectivity index (χ3v) is 2.37. The fourth-order valence-corrected chi connectivity index (χ4v) is 1.28. The third-order valence-electron chi connectivity index (χ3n) is 2.37. The van der Waals surface area contributed by atoms with Crippen LogP contribution in [0.25, 0.3) is 0 Å². The minimum absolute atomic E-state index is 0.817. The zero-order valence-electron chi connectivity index (χ0n) is 9.14. The molecule has 0 spiro atoms. The second kappa shape index (κ2) is 7.39. The standard InChI is InChI=1S/C12H24/c1-5-12(6-2)10-8-7-9-11(3)4/h8,10-12H,5-7,9H2,1-4H3. The van der Waals surface area contributed by atoms with Crippen molar-refractivity contribution in [3.8, 4) is 0 Å². The minimum atomic E-state index is 0.817. The zero-order valence-corrected chi connectivity index (χ0v) is 9.14. The van der Waals surface area contributed by atoms with Crippen LogP contribution in [0.15, 0.2) is 12.2 Å². The Kier molecular flexibility index (Phi) is 7.23. The molecule has 0 saturated carbocycles. The molecule has 0 aromatic rings. The van der Waals surface area contributed by atoms with Gasteiger partial charge in [0.15, 0.2) is 0 Å². The Hall–Kier alpha value is -0.260. The van der Waals surface area contributed by atoms with Crippen LogP contribution in [0.1, 0.15) is 53.4 Å².